The zero-order valence-corrected chi connectivity index (χ0v) is 12.5. The van der Waals surface area contributed by atoms with Gasteiger partial charge in [0.25, 0.3) is 0 Å². The number of amides is 1. The van der Waals surface area contributed by atoms with Crippen LogP contribution in [0.1, 0.15) is 24.8 Å². The monoisotopic (exact) mass is 278 g/mol. The molecule has 1 heterocycles. The van der Waals surface area contributed by atoms with Gasteiger partial charge in [0.1, 0.15) is 5.37 Å². The molecule has 1 amide bonds. The first-order valence-electron chi connectivity index (χ1n) is 6.94. The van der Waals surface area contributed by atoms with Crippen LogP contribution in [0.15, 0.2) is 30.3 Å². The Hall–Kier alpha value is -1.00. The third-order valence-electron chi connectivity index (χ3n) is 3.60. The smallest absolute Gasteiger partial charge is 0.233 e. The first-order chi connectivity index (χ1) is 9.26. The van der Waals surface area contributed by atoms with Gasteiger partial charge in [-0.1, -0.05) is 44.2 Å². The lowest BCUT2D eigenvalue weighted by Gasteiger charge is -2.27. The Labute approximate surface area is 120 Å². The van der Waals surface area contributed by atoms with Gasteiger partial charge in [0.05, 0.1) is 5.75 Å². The fourth-order valence-electron chi connectivity index (χ4n) is 2.38. The van der Waals surface area contributed by atoms with Crippen molar-refractivity contribution in [2.24, 2.45) is 0 Å². The Morgan fingerprint density at radius 3 is 2.58 bits per heavy atom. The highest BCUT2D eigenvalue weighted by Gasteiger charge is 2.32. The van der Waals surface area contributed by atoms with Crippen LogP contribution < -0.4 is 0 Å². The van der Waals surface area contributed by atoms with E-state index in [0.29, 0.717) is 5.75 Å². The third kappa shape index (κ3) is 3.51. The van der Waals surface area contributed by atoms with Crippen molar-refractivity contribution in [1.82, 2.24) is 9.80 Å². The molecule has 1 unspecified atom stereocenters. The second-order valence-electron chi connectivity index (χ2n) is 4.69. The Kier molecular flexibility index (Phi) is 5.28. The third-order valence-corrected chi connectivity index (χ3v) is 4.86. The molecule has 0 bridgehead atoms. The van der Waals surface area contributed by atoms with E-state index < -0.39 is 0 Å². The maximum absolute atomic E-state index is 12.0. The van der Waals surface area contributed by atoms with Gasteiger partial charge < -0.3 is 9.80 Å². The van der Waals surface area contributed by atoms with Gasteiger partial charge in [0.15, 0.2) is 0 Å². The molecule has 0 radical (unpaired) electrons. The molecular weight excluding hydrogens is 256 g/mol. The highest BCUT2D eigenvalue weighted by atomic mass is 32.2. The summed E-state index contributed by atoms with van der Waals surface area (Å²) in [6, 6.07) is 10.3. The number of likely N-dealkylation sites (N-methyl/N-ethyl adjacent to an activating group) is 1. The minimum Gasteiger partial charge on any atom is -0.325 e. The van der Waals surface area contributed by atoms with Crippen LogP contribution in [-0.2, 0) is 4.79 Å². The predicted octanol–water partition coefficient (Wildman–Crippen LogP) is 2.60. The molecular formula is C15H22N2OS. The maximum Gasteiger partial charge on any atom is 0.233 e. The Balaban J connectivity index is 2.02. The summed E-state index contributed by atoms with van der Waals surface area (Å²) in [5.41, 5.74) is 1.23. The standard InChI is InChI=1S/C15H22N2OS/c1-3-16(4-2)10-11-17-14(18)12-19-15(17)13-8-6-5-7-9-13/h5-9,15H,3-4,10-12H2,1-2H3. The lowest BCUT2D eigenvalue weighted by atomic mass is 10.2. The van der Waals surface area contributed by atoms with Crippen LogP contribution >= 0.6 is 11.8 Å². The number of carbonyl (C=O) groups excluding carboxylic acids is 1. The van der Waals surface area contributed by atoms with Gasteiger partial charge in [0, 0.05) is 13.1 Å². The molecule has 0 aliphatic carbocycles. The summed E-state index contributed by atoms with van der Waals surface area (Å²) in [6.07, 6.45) is 0. The summed E-state index contributed by atoms with van der Waals surface area (Å²) >= 11 is 1.74. The van der Waals surface area contributed by atoms with Crippen LogP contribution in [0, 0.1) is 0 Å². The fraction of sp³-hybridized carbons (Fsp3) is 0.533. The van der Waals surface area contributed by atoms with E-state index in [2.05, 4.69) is 30.9 Å². The van der Waals surface area contributed by atoms with E-state index in [1.54, 1.807) is 11.8 Å². The number of nitrogens with zero attached hydrogens (tertiary/aromatic N) is 2. The van der Waals surface area contributed by atoms with Gasteiger partial charge in [-0.3, -0.25) is 4.79 Å². The van der Waals surface area contributed by atoms with Crippen molar-refractivity contribution in [1.29, 1.82) is 0 Å². The second-order valence-corrected chi connectivity index (χ2v) is 5.76. The number of hydrogen-bond acceptors (Lipinski definition) is 3. The molecule has 4 heteroatoms. The molecule has 1 saturated heterocycles. The normalized spacial score (nSPS) is 19.4. The van der Waals surface area contributed by atoms with Crippen molar-refractivity contribution in [2.75, 3.05) is 31.9 Å². The summed E-state index contributed by atoms with van der Waals surface area (Å²) in [4.78, 5) is 16.4. The molecule has 1 aliphatic rings. The molecule has 3 nitrogen and oxygen atoms in total. The van der Waals surface area contributed by atoms with E-state index in [0.717, 1.165) is 26.2 Å². The average molecular weight is 278 g/mol. The quantitative estimate of drug-likeness (QED) is 0.799. The van der Waals surface area contributed by atoms with E-state index in [1.165, 1.54) is 5.56 Å². The van der Waals surface area contributed by atoms with Crippen molar-refractivity contribution in [2.45, 2.75) is 19.2 Å². The van der Waals surface area contributed by atoms with Crippen LogP contribution in [0.25, 0.3) is 0 Å². The molecule has 0 saturated carbocycles. The van der Waals surface area contributed by atoms with Crippen LogP contribution in [-0.4, -0.2) is 47.6 Å². The Morgan fingerprint density at radius 1 is 1.26 bits per heavy atom. The minimum absolute atomic E-state index is 0.198. The van der Waals surface area contributed by atoms with Crippen LogP contribution in [0.3, 0.4) is 0 Å². The molecule has 1 aliphatic heterocycles. The lowest BCUT2D eigenvalue weighted by Crippen LogP contribution is -2.37. The minimum atomic E-state index is 0.198. The van der Waals surface area contributed by atoms with Crippen molar-refractivity contribution < 1.29 is 4.79 Å². The molecule has 0 N–H and O–H groups in total. The van der Waals surface area contributed by atoms with Crippen molar-refractivity contribution in [3.63, 3.8) is 0 Å². The van der Waals surface area contributed by atoms with Gasteiger partial charge in [0.2, 0.25) is 5.91 Å². The molecule has 0 spiro atoms. The SMILES string of the molecule is CCN(CC)CCN1C(=O)CSC1c1ccccc1. The largest absolute Gasteiger partial charge is 0.325 e. The Morgan fingerprint density at radius 2 is 1.95 bits per heavy atom. The molecule has 0 aromatic heterocycles. The van der Waals surface area contributed by atoms with Crippen LogP contribution in [0.4, 0.5) is 0 Å². The highest BCUT2D eigenvalue weighted by molar-refractivity contribution is 8.00. The first-order valence-corrected chi connectivity index (χ1v) is 7.99. The molecule has 1 fully saturated rings. The van der Waals surface area contributed by atoms with Crippen LogP contribution in [0.5, 0.6) is 0 Å². The molecule has 104 valence electrons. The summed E-state index contributed by atoms with van der Waals surface area (Å²) in [7, 11) is 0. The van der Waals surface area contributed by atoms with E-state index in [-0.39, 0.29) is 11.3 Å². The number of thioether (sulfide) groups is 1. The lowest BCUT2D eigenvalue weighted by molar-refractivity contribution is -0.128. The first kappa shape index (κ1) is 14.4. The summed E-state index contributed by atoms with van der Waals surface area (Å²) in [5.74, 6) is 0.878. The van der Waals surface area contributed by atoms with E-state index >= 15 is 0 Å². The molecule has 2 rings (SSSR count). The summed E-state index contributed by atoms with van der Waals surface area (Å²) in [6.45, 7) is 8.20. The van der Waals surface area contributed by atoms with Gasteiger partial charge in [-0.2, -0.15) is 0 Å². The van der Waals surface area contributed by atoms with Gasteiger partial charge >= 0.3 is 0 Å². The maximum atomic E-state index is 12.0. The fourth-order valence-corrected chi connectivity index (χ4v) is 3.60. The van der Waals surface area contributed by atoms with Crippen LogP contribution in [0.2, 0.25) is 0 Å². The second kappa shape index (κ2) is 6.96. The Bertz CT molecular complexity index is 406. The van der Waals surface area contributed by atoms with Crippen molar-refractivity contribution in [3.8, 4) is 0 Å². The molecule has 1 aromatic rings. The highest BCUT2D eigenvalue weighted by Crippen LogP contribution is 2.38. The van der Waals surface area contributed by atoms with Crippen molar-refractivity contribution >= 4 is 17.7 Å². The molecule has 1 atom stereocenters. The number of rotatable bonds is 6. The van der Waals surface area contributed by atoms with E-state index in [1.807, 2.05) is 23.1 Å². The van der Waals surface area contributed by atoms with Gasteiger partial charge in [-0.15, -0.1) is 11.8 Å². The summed E-state index contributed by atoms with van der Waals surface area (Å²) in [5, 5.41) is 0.198. The number of benzene rings is 1. The van der Waals surface area contributed by atoms with Gasteiger partial charge in [-0.05, 0) is 18.7 Å². The van der Waals surface area contributed by atoms with E-state index in [9.17, 15) is 4.79 Å². The topological polar surface area (TPSA) is 23.6 Å². The number of hydrogen-bond donors (Lipinski definition) is 0. The average Bonchev–Trinajstić information content (AvgIpc) is 2.82. The zero-order valence-electron chi connectivity index (χ0n) is 11.7. The number of carbonyl (C=O) groups is 1. The molecule has 19 heavy (non-hydrogen) atoms. The van der Waals surface area contributed by atoms with Crippen molar-refractivity contribution in [3.05, 3.63) is 35.9 Å². The van der Waals surface area contributed by atoms with Gasteiger partial charge in [-0.25, -0.2) is 0 Å². The molecule has 1 aromatic carbocycles. The van der Waals surface area contributed by atoms with E-state index in [4.69, 9.17) is 0 Å². The zero-order chi connectivity index (χ0) is 13.7. The predicted molar refractivity (Wildman–Crippen MR) is 81.1 cm³/mol. The summed E-state index contributed by atoms with van der Waals surface area (Å²) < 4.78 is 0.